The minimum absolute atomic E-state index is 0.167. The van der Waals surface area contributed by atoms with Gasteiger partial charge in [0.15, 0.2) is 6.17 Å². The summed E-state index contributed by atoms with van der Waals surface area (Å²) in [5.41, 5.74) is 0.976. The molecule has 1 unspecified atom stereocenters. The van der Waals surface area contributed by atoms with Crippen molar-refractivity contribution in [3.63, 3.8) is 0 Å². The standard InChI is InChI=1S/C13H14N4S/c1-4-14-10(3)17(15-5-2)13-16-11-8-6-7-9-12(11)18-13/h5-10H,1H2,2-3H3/b15-5+. The van der Waals surface area contributed by atoms with Gasteiger partial charge in [-0.2, -0.15) is 5.10 Å². The van der Waals surface area contributed by atoms with Crippen LogP contribution < -0.4 is 5.01 Å². The zero-order valence-electron chi connectivity index (χ0n) is 10.4. The Kier molecular flexibility index (Phi) is 3.87. The number of hydrazone groups is 1. The van der Waals surface area contributed by atoms with Gasteiger partial charge in [0.1, 0.15) is 0 Å². The number of nitrogens with zero attached hydrogens (tertiary/aromatic N) is 4. The molecular weight excluding hydrogens is 244 g/mol. The SMILES string of the molecule is C=C=NC(C)N(/N=C/C)c1nc2ccccc2s1. The Labute approximate surface area is 110 Å². The predicted octanol–water partition coefficient (Wildman–Crippen LogP) is 3.31. The van der Waals surface area contributed by atoms with Gasteiger partial charge >= 0.3 is 0 Å². The molecule has 2 rings (SSSR count). The smallest absolute Gasteiger partial charge is 0.209 e. The normalized spacial score (nSPS) is 12.6. The summed E-state index contributed by atoms with van der Waals surface area (Å²) in [6, 6.07) is 8.02. The highest BCUT2D eigenvalue weighted by Crippen LogP contribution is 2.29. The molecule has 1 heterocycles. The number of fused-ring (bicyclic) bond motifs is 1. The van der Waals surface area contributed by atoms with Crippen LogP contribution >= 0.6 is 11.3 Å². The first-order chi connectivity index (χ1) is 8.76. The summed E-state index contributed by atoms with van der Waals surface area (Å²) in [4.78, 5) is 8.67. The third-order valence-corrected chi connectivity index (χ3v) is 3.38. The molecule has 1 aromatic carbocycles. The van der Waals surface area contributed by atoms with E-state index >= 15 is 0 Å². The molecule has 18 heavy (non-hydrogen) atoms. The van der Waals surface area contributed by atoms with Crippen LogP contribution in [0.15, 0.2) is 40.9 Å². The van der Waals surface area contributed by atoms with Gasteiger partial charge in [0.25, 0.3) is 0 Å². The molecule has 2 aromatic rings. The second kappa shape index (κ2) is 5.58. The lowest BCUT2D eigenvalue weighted by molar-refractivity contribution is 0.690. The fraction of sp³-hybridized carbons (Fsp3) is 0.231. The van der Waals surface area contributed by atoms with Crippen molar-refractivity contribution in [1.29, 1.82) is 0 Å². The fourth-order valence-corrected chi connectivity index (χ4v) is 2.57. The van der Waals surface area contributed by atoms with Crippen molar-refractivity contribution in [2.45, 2.75) is 20.0 Å². The first-order valence-corrected chi connectivity index (χ1v) is 6.43. The average Bonchev–Trinajstić information content (AvgIpc) is 2.79. The molecule has 0 aliphatic heterocycles. The van der Waals surface area contributed by atoms with Crippen molar-refractivity contribution in [2.75, 3.05) is 5.01 Å². The van der Waals surface area contributed by atoms with Crippen LogP contribution in [0.3, 0.4) is 0 Å². The second-order valence-corrected chi connectivity index (χ2v) is 4.61. The van der Waals surface area contributed by atoms with Gasteiger partial charge in [0.05, 0.1) is 10.2 Å². The molecule has 0 saturated heterocycles. The van der Waals surface area contributed by atoms with Crippen molar-refractivity contribution in [2.24, 2.45) is 10.1 Å². The zero-order valence-corrected chi connectivity index (χ0v) is 11.2. The molecule has 0 aliphatic carbocycles. The van der Waals surface area contributed by atoms with Crippen molar-refractivity contribution in [3.8, 4) is 0 Å². The summed E-state index contributed by atoms with van der Waals surface area (Å²) in [5.74, 6) is 2.55. The van der Waals surface area contributed by atoms with Gasteiger partial charge in [-0.1, -0.05) is 23.5 Å². The van der Waals surface area contributed by atoms with Gasteiger partial charge in [-0.15, -0.1) is 0 Å². The van der Waals surface area contributed by atoms with E-state index in [9.17, 15) is 0 Å². The summed E-state index contributed by atoms with van der Waals surface area (Å²) in [6.07, 6.45) is 1.56. The van der Waals surface area contributed by atoms with Crippen LogP contribution in [-0.2, 0) is 0 Å². The van der Waals surface area contributed by atoms with E-state index in [4.69, 9.17) is 0 Å². The number of para-hydroxylation sites is 1. The minimum atomic E-state index is -0.167. The Balaban J connectivity index is 2.44. The van der Waals surface area contributed by atoms with Gasteiger partial charge in [-0.05, 0) is 38.4 Å². The van der Waals surface area contributed by atoms with Gasteiger partial charge in [0.2, 0.25) is 5.13 Å². The first kappa shape index (κ1) is 12.5. The fourth-order valence-electron chi connectivity index (χ4n) is 1.57. The second-order valence-electron chi connectivity index (χ2n) is 3.60. The molecule has 92 valence electrons. The number of anilines is 1. The molecule has 1 atom stereocenters. The lowest BCUT2D eigenvalue weighted by atomic mass is 10.3. The number of benzene rings is 1. The van der Waals surface area contributed by atoms with Crippen LogP contribution in [0.5, 0.6) is 0 Å². The van der Waals surface area contributed by atoms with Crippen LogP contribution in [-0.4, -0.2) is 23.2 Å². The van der Waals surface area contributed by atoms with E-state index in [0.717, 1.165) is 15.3 Å². The summed E-state index contributed by atoms with van der Waals surface area (Å²) in [6.45, 7) is 7.29. The number of thiazole rings is 1. The largest absolute Gasteiger partial charge is 0.218 e. The summed E-state index contributed by atoms with van der Waals surface area (Å²) < 4.78 is 1.14. The van der Waals surface area contributed by atoms with Gasteiger partial charge < -0.3 is 0 Å². The maximum absolute atomic E-state index is 4.56. The maximum atomic E-state index is 4.56. The van der Waals surface area contributed by atoms with Crippen molar-refractivity contribution < 1.29 is 0 Å². The van der Waals surface area contributed by atoms with Crippen LogP contribution in [0.4, 0.5) is 5.13 Å². The van der Waals surface area contributed by atoms with Gasteiger partial charge in [0, 0.05) is 6.21 Å². The monoisotopic (exact) mass is 258 g/mol. The van der Waals surface area contributed by atoms with Gasteiger partial charge in [-0.25, -0.2) is 15.0 Å². The van der Waals surface area contributed by atoms with E-state index in [0.29, 0.717) is 0 Å². The number of hydrogen-bond donors (Lipinski definition) is 0. The van der Waals surface area contributed by atoms with E-state index in [2.05, 4.69) is 27.5 Å². The summed E-state index contributed by atoms with van der Waals surface area (Å²) >= 11 is 1.59. The van der Waals surface area contributed by atoms with Crippen LogP contribution in [0.1, 0.15) is 13.8 Å². The molecule has 5 heteroatoms. The molecule has 0 radical (unpaired) electrons. The van der Waals surface area contributed by atoms with Crippen molar-refractivity contribution in [1.82, 2.24) is 4.98 Å². The zero-order chi connectivity index (χ0) is 13.0. The lowest BCUT2D eigenvalue weighted by Gasteiger charge is -2.18. The van der Waals surface area contributed by atoms with Crippen LogP contribution in [0.25, 0.3) is 10.2 Å². The molecule has 1 aromatic heterocycles. The van der Waals surface area contributed by atoms with E-state index in [1.54, 1.807) is 22.6 Å². The van der Waals surface area contributed by atoms with Gasteiger partial charge in [-0.3, -0.25) is 0 Å². The Morgan fingerprint density at radius 3 is 2.94 bits per heavy atom. The van der Waals surface area contributed by atoms with Crippen molar-refractivity contribution >= 4 is 38.8 Å². The molecular formula is C13H14N4S. The Morgan fingerprint density at radius 2 is 2.28 bits per heavy atom. The average molecular weight is 258 g/mol. The summed E-state index contributed by atoms with van der Waals surface area (Å²) in [7, 11) is 0. The number of rotatable bonds is 4. The van der Waals surface area contributed by atoms with Crippen LogP contribution in [0.2, 0.25) is 0 Å². The van der Waals surface area contributed by atoms with Crippen molar-refractivity contribution in [3.05, 3.63) is 30.8 Å². The molecule has 0 N–H and O–H groups in total. The lowest BCUT2D eigenvalue weighted by Crippen LogP contribution is -2.25. The third-order valence-electron chi connectivity index (χ3n) is 2.35. The Bertz CT molecular complexity index is 577. The molecule has 0 amide bonds. The molecule has 0 spiro atoms. The Morgan fingerprint density at radius 1 is 1.50 bits per heavy atom. The topological polar surface area (TPSA) is 40.9 Å². The maximum Gasteiger partial charge on any atom is 0.209 e. The quantitative estimate of drug-likeness (QED) is 0.623. The van der Waals surface area contributed by atoms with E-state index < -0.39 is 0 Å². The number of aliphatic imine (C=N–C) groups is 1. The highest BCUT2D eigenvalue weighted by molar-refractivity contribution is 7.22. The molecule has 4 nitrogen and oxygen atoms in total. The minimum Gasteiger partial charge on any atom is -0.218 e. The molecule has 0 bridgehead atoms. The first-order valence-electron chi connectivity index (χ1n) is 5.61. The third kappa shape index (κ3) is 2.47. The summed E-state index contributed by atoms with van der Waals surface area (Å²) in [5, 5.41) is 6.89. The molecule has 0 aliphatic rings. The predicted molar refractivity (Wildman–Crippen MR) is 78.8 cm³/mol. The highest BCUT2D eigenvalue weighted by Gasteiger charge is 2.16. The number of aromatic nitrogens is 1. The Hall–Kier alpha value is -1.97. The van der Waals surface area contributed by atoms with Crippen LogP contribution in [0, 0.1) is 0 Å². The van der Waals surface area contributed by atoms with E-state index in [1.165, 1.54) is 0 Å². The van der Waals surface area contributed by atoms with E-state index in [-0.39, 0.29) is 6.17 Å². The molecule has 0 fully saturated rings. The molecule has 0 saturated carbocycles. The highest BCUT2D eigenvalue weighted by atomic mass is 32.1. The number of hydrogen-bond acceptors (Lipinski definition) is 5. The van der Waals surface area contributed by atoms with E-state index in [1.807, 2.05) is 38.1 Å².